The van der Waals surface area contributed by atoms with E-state index in [1.807, 2.05) is 48.7 Å². The molecule has 0 bridgehead atoms. The van der Waals surface area contributed by atoms with E-state index in [0.717, 1.165) is 4.90 Å². The Morgan fingerprint density at radius 3 is 2.81 bits per heavy atom. The van der Waals surface area contributed by atoms with Crippen LogP contribution < -0.4 is 15.8 Å². The SMILES string of the molecule is CSc1ccccc1C(=O)Nc1cccc(OCCN)c1. The molecule has 4 nitrogen and oxygen atoms in total. The van der Waals surface area contributed by atoms with Crippen molar-refractivity contribution in [1.29, 1.82) is 0 Å². The van der Waals surface area contributed by atoms with Crippen molar-refractivity contribution in [1.82, 2.24) is 0 Å². The average molecular weight is 302 g/mol. The number of rotatable bonds is 6. The summed E-state index contributed by atoms with van der Waals surface area (Å²) >= 11 is 1.55. The Balaban J connectivity index is 2.12. The lowest BCUT2D eigenvalue weighted by molar-refractivity contribution is 0.102. The number of anilines is 1. The topological polar surface area (TPSA) is 64.3 Å². The van der Waals surface area contributed by atoms with E-state index in [9.17, 15) is 4.79 Å². The predicted octanol–water partition coefficient (Wildman–Crippen LogP) is 3.00. The second-order valence-corrected chi connectivity index (χ2v) is 5.17. The zero-order valence-corrected chi connectivity index (χ0v) is 12.7. The molecule has 0 spiro atoms. The van der Waals surface area contributed by atoms with Crippen LogP contribution in [-0.2, 0) is 0 Å². The summed E-state index contributed by atoms with van der Waals surface area (Å²) in [4.78, 5) is 13.3. The highest BCUT2D eigenvalue weighted by atomic mass is 32.2. The number of benzene rings is 2. The number of thioether (sulfide) groups is 1. The third kappa shape index (κ3) is 4.24. The van der Waals surface area contributed by atoms with Crippen molar-refractivity contribution in [3.63, 3.8) is 0 Å². The maximum Gasteiger partial charge on any atom is 0.256 e. The number of hydrogen-bond donors (Lipinski definition) is 2. The molecule has 5 heteroatoms. The minimum atomic E-state index is -0.129. The van der Waals surface area contributed by atoms with Crippen LogP contribution in [0.3, 0.4) is 0 Å². The molecule has 0 aromatic heterocycles. The zero-order chi connectivity index (χ0) is 15.1. The van der Waals surface area contributed by atoms with E-state index >= 15 is 0 Å². The fraction of sp³-hybridized carbons (Fsp3) is 0.188. The van der Waals surface area contributed by atoms with Crippen LogP contribution in [0.2, 0.25) is 0 Å². The Morgan fingerprint density at radius 1 is 1.24 bits per heavy atom. The molecule has 0 unspecified atom stereocenters. The standard InChI is InChI=1S/C16H18N2O2S/c1-21-15-8-3-2-7-14(15)16(19)18-12-5-4-6-13(11-12)20-10-9-17/h2-8,11H,9-10,17H2,1H3,(H,18,19). The molecule has 0 aliphatic carbocycles. The molecule has 2 aromatic rings. The smallest absolute Gasteiger partial charge is 0.256 e. The molecule has 110 valence electrons. The van der Waals surface area contributed by atoms with E-state index in [1.54, 1.807) is 17.8 Å². The normalized spacial score (nSPS) is 10.2. The molecule has 1 amide bonds. The minimum Gasteiger partial charge on any atom is -0.492 e. The number of nitrogens with two attached hydrogens (primary N) is 1. The molecule has 3 N–H and O–H groups in total. The van der Waals surface area contributed by atoms with Crippen molar-refractivity contribution in [3.8, 4) is 5.75 Å². The maximum absolute atomic E-state index is 12.3. The van der Waals surface area contributed by atoms with Crippen LogP contribution in [0, 0.1) is 0 Å². The van der Waals surface area contributed by atoms with Crippen LogP contribution in [0.15, 0.2) is 53.4 Å². The summed E-state index contributed by atoms with van der Waals surface area (Å²) in [5.41, 5.74) is 6.77. The largest absolute Gasteiger partial charge is 0.492 e. The van der Waals surface area contributed by atoms with E-state index in [0.29, 0.717) is 30.2 Å². The number of amides is 1. The Kier molecular flexibility index (Phi) is 5.66. The van der Waals surface area contributed by atoms with E-state index in [-0.39, 0.29) is 5.91 Å². The molecule has 0 radical (unpaired) electrons. The number of carbonyl (C=O) groups is 1. The summed E-state index contributed by atoms with van der Waals surface area (Å²) in [5.74, 6) is 0.562. The molecule has 0 aliphatic rings. The lowest BCUT2D eigenvalue weighted by atomic mass is 10.2. The first kappa shape index (κ1) is 15.4. The fourth-order valence-corrected chi connectivity index (χ4v) is 2.47. The quantitative estimate of drug-likeness (QED) is 0.805. The monoisotopic (exact) mass is 302 g/mol. The van der Waals surface area contributed by atoms with Crippen LogP contribution in [0.1, 0.15) is 10.4 Å². The number of hydrogen-bond acceptors (Lipinski definition) is 4. The summed E-state index contributed by atoms with van der Waals surface area (Å²) in [5, 5.41) is 2.89. The highest BCUT2D eigenvalue weighted by Crippen LogP contribution is 2.22. The number of carbonyl (C=O) groups excluding carboxylic acids is 1. The van der Waals surface area contributed by atoms with Crippen LogP contribution >= 0.6 is 11.8 Å². The zero-order valence-electron chi connectivity index (χ0n) is 11.8. The van der Waals surface area contributed by atoms with Crippen molar-refractivity contribution >= 4 is 23.4 Å². The van der Waals surface area contributed by atoms with Gasteiger partial charge in [-0.1, -0.05) is 18.2 Å². The van der Waals surface area contributed by atoms with Crippen molar-refractivity contribution in [2.24, 2.45) is 5.73 Å². The van der Waals surface area contributed by atoms with E-state index in [2.05, 4.69) is 5.32 Å². The van der Waals surface area contributed by atoms with E-state index in [1.165, 1.54) is 0 Å². The molecule has 0 atom stereocenters. The van der Waals surface area contributed by atoms with Gasteiger partial charge in [-0.3, -0.25) is 4.79 Å². The summed E-state index contributed by atoms with van der Waals surface area (Å²) in [6.07, 6.45) is 1.95. The van der Waals surface area contributed by atoms with Gasteiger partial charge in [0.1, 0.15) is 12.4 Å². The van der Waals surface area contributed by atoms with Gasteiger partial charge in [0.15, 0.2) is 0 Å². The molecule has 2 rings (SSSR count). The van der Waals surface area contributed by atoms with Gasteiger partial charge in [-0.05, 0) is 30.5 Å². The lowest BCUT2D eigenvalue weighted by Crippen LogP contribution is -2.13. The highest BCUT2D eigenvalue weighted by molar-refractivity contribution is 7.98. The minimum absolute atomic E-state index is 0.129. The summed E-state index contributed by atoms with van der Waals surface area (Å²) in [6, 6.07) is 14.8. The van der Waals surface area contributed by atoms with Crippen LogP contribution in [0.4, 0.5) is 5.69 Å². The molecule has 0 saturated carbocycles. The van der Waals surface area contributed by atoms with E-state index < -0.39 is 0 Å². The van der Waals surface area contributed by atoms with Crippen molar-refractivity contribution in [3.05, 3.63) is 54.1 Å². The van der Waals surface area contributed by atoms with Gasteiger partial charge in [0.05, 0.1) is 5.56 Å². The summed E-state index contributed by atoms with van der Waals surface area (Å²) in [6.45, 7) is 0.907. The second-order valence-electron chi connectivity index (χ2n) is 4.32. The van der Waals surface area contributed by atoms with Crippen molar-refractivity contribution in [2.75, 3.05) is 24.7 Å². The lowest BCUT2D eigenvalue weighted by Gasteiger charge is -2.10. The molecule has 0 heterocycles. The van der Waals surface area contributed by atoms with Crippen molar-refractivity contribution in [2.45, 2.75) is 4.90 Å². The van der Waals surface area contributed by atoms with Gasteiger partial charge in [-0.15, -0.1) is 11.8 Å². The molecule has 0 saturated heterocycles. The van der Waals surface area contributed by atoms with Crippen LogP contribution in [0.25, 0.3) is 0 Å². The van der Waals surface area contributed by atoms with Gasteiger partial charge >= 0.3 is 0 Å². The third-order valence-corrected chi connectivity index (χ3v) is 3.63. The van der Waals surface area contributed by atoms with Gasteiger partial charge in [0.25, 0.3) is 5.91 Å². The summed E-state index contributed by atoms with van der Waals surface area (Å²) < 4.78 is 5.45. The number of ether oxygens (including phenoxy) is 1. The molecule has 21 heavy (non-hydrogen) atoms. The summed E-state index contributed by atoms with van der Waals surface area (Å²) in [7, 11) is 0. The molecular weight excluding hydrogens is 284 g/mol. The van der Waals surface area contributed by atoms with Gasteiger partial charge in [-0.2, -0.15) is 0 Å². The first-order valence-corrected chi connectivity index (χ1v) is 7.84. The third-order valence-electron chi connectivity index (χ3n) is 2.83. The van der Waals surface area contributed by atoms with E-state index in [4.69, 9.17) is 10.5 Å². The Labute approximate surface area is 128 Å². The highest BCUT2D eigenvalue weighted by Gasteiger charge is 2.10. The Bertz CT molecular complexity index is 617. The first-order valence-electron chi connectivity index (χ1n) is 6.62. The fourth-order valence-electron chi connectivity index (χ4n) is 1.87. The second kappa shape index (κ2) is 7.71. The number of nitrogens with one attached hydrogen (secondary N) is 1. The molecule has 2 aromatic carbocycles. The van der Waals surface area contributed by atoms with Gasteiger partial charge < -0.3 is 15.8 Å². The van der Waals surface area contributed by atoms with Crippen molar-refractivity contribution < 1.29 is 9.53 Å². The first-order chi connectivity index (χ1) is 10.2. The van der Waals surface area contributed by atoms with Gasteiger partial charge in [0.2, 0.25) is 0 Å². The molecular formula is C16H18N2O2S. The van der Waals surface area contributed by atoms with Crippen LogP contribution in [-0.4, -0.2) is 25.3 Å². The van der Waals surface area contributed by atoms with Crippen LogP contribution in [0.5, 0.6) is 5.75 Å². The Morgan fingerprint density at radius 2 is 2.05 bits per heavy atom. The average Bonchev–Trinajstić information content (AvgIpc) is 2.53. The predicted molar refractivity (Wildman–Crippen MR) is 87.2 cm³/mol. The van der Waals surface area contributed by atoms with Gasteiger partial charge in [0, 0.05) is 23.2 Å². The maximum atomic E-state index is 12.3. The van der Waals surface area contributed by atoms with Gasteiger partial charge in [-0.25, -0.2) is 0 Å². The molecule has 0 aliphatic heterocycles. The Hall–Kier alpha value is -1.98. The molecule has 0 fully saturated rings.